The third-order valence-corrected chi connectivity index (χ3v) is 12.9. The maximum atomic E-state index is 13.5. The molecular weight excluding hydrogens is 916 g/mol. The van der Waals surface area contributed by atoms with Crippen molar-refractivity contribution in [2.24, 2.45) is 0 Å². The van der Waals surface area contributed by atoms with Crippen LogP contribution < -0.4 is 5.32 Å². The van der Waals surface area contributed by atoms with Gasteiger partial charge in [0.15, 0.2) is 0 Å². The van der Waals surface area contributed by atoms with Gasteiger partial charge in [-0.1, -0.05) is 208 Å². The molecule has 72 heavy (non-hydrogen) atoms. The second-order valence-electron chi connectivity index (χ2n) is 20.0. The average molecular weight is 1020 g/mol. The predicted molar refractivity (Wildman–Crippen MR) is 309 cm³/mol. The van der Waals surface area contributed by atoms with Crippen molar-refractivity contribution in [3.8, 4) is 0 Å². The molecule has 0 rings (SSSR count). The Balaban J connectivity index is 5.35. The number of phosphoric acid groups is 1. The van der Waals surface area contributed by atoms with Gasteiger partial charge in [-0.05, 0) is 109 Å². The maximum Gasteiger partial charge on any atom is 0.472 e. The van der Waals surface area contributed by atoms with Crippen molar-refractivity contribution in [1.82, 2.24) is 5.32 Å². The molecule has 3 unspecified atom stereocenters. The van der Waals surface area contributed by atoms with Crippen molar-refractivity contribution in [3.63, 3.8) is 0 Å². The zero-order valence-electron chi connectivity index (χ0n) is 46.9. The van der Waals surface area contributed by atoms with Crippen LogP contribution in [0, 0.1) is 0 Å². The summed E-state index contributed by atoms with van der Waals surface area (Å²) in [5.41, 5.74) is 0. The van der Waals surface area contributed by atoms with E-state index in [9.17, 15) is 19.0 Å². The Morgan fingerprint density at radius 2 is 0.889 bits per heavy atom. The van der Waals surface area contributed by atoms with E-state index in [1.807, 2.05) is 33.3 Å². The Bertz CT molecular complexity index is 1600. The molecule has 2 N–H and O–H groups in total. The van der Waals surface area contributed by atoms with Crippen molar-refractivity contribution >= 4 is 19.7 Å². The van der Waals surface area contributed by atoms with E-state index >= 15 is 0 Å². The molecule has 0 aromatic heterocycles. The molecule has 10 heteroatoms. The van der Waals surface area contributed by atoms with Crippen LogP contribution in [0.25, 0.3) is 0 Å². The Labute approximate surface area is 442 Å². The van der Waals surface area contributed by atoms with E-state index in [2.05, 4.69) is 123 Å². The van der Waals surface area contributed by atoms with Gasteiger partial charge >= 0.3 is 13.8 Å². The first kappa shape index (κ1) is 68.7. The Morgan fingerprint density at radius 3 is 1.33 bits per heavy atom. The highest BCUT2D eigenvalue weighted by Crippen LogP contribution is 2.43. The van der Waals surface area contributed by atoms with Crippen molar-refractivity contribution in [2.75, 3.05) is 40.9 Å². The molecule has 0 heterocycles. The fraction of sp³-hybridized carbons (Fsp3) is 0.677. The zero-order chi connectivity index (χ0) is 52.9. The van der Waals surface area contributed by atoms with Crippen LogP contribution in [0.15, 0.2) is 109 Å². The summed E-state index contributed by atoms with van der Waals surface area (Å²) in [6.45, 7) is 6.72. The van der Waals surface area contributed by atoms with Crippen LogP contribution in [-0.2, 0) is 27.9 Å². The van der Waals surface area contributed by atoms with Crippen LogP contribution in [0.5, 0.6) is 0 Å². The highest BCUT2D eigenvalue weighted by molar-refractivity contribution is 7.47. The van der Waals surface area contributed by atoms with Gasteiger partial charge in [-0.3, -0.25) is 18.6 Å². The lowest BCUT2D eigenvalue weighted by Crippen LogP contribution is -2.47. The number of hydrogen-bond donors (Lipinski definition) is 2. The van der Waals surface area contributed by atoms with Crippen LogP contribution >= 0.6 is 7.82 Å². The largest absolute Gasteiger partial charge is 0.472 e. The van der Waals surface area contributed by atoms with Crippen LogP contribution in [-0.4, -0.2) is 74.3 Å². The van der Waals surface area contributed by atoms with Crippen LogP contribution in [0.2, 0.25) is 0 Å². The highest BCUT2D eigenvalue weighted by Gasteiger charge is 2.30. The van der Waals surface area contributed by atoms with E-state index in [-0.39, 0.29) is 31.5 Å². The first-order chi connectivity index (χ1) is 34.9. The van der Waals surface area contributed by atoms with Crippen molar-refractivity contribution in [3.05, 3.63) is 109 Å². The third-order valence-electron chi connectivity index (χ3n) is 12.0. The Hall–Kier alpha value is -3.33. The molecule has 0 aliphatic rings. The molecule has 0 spiro atoms. The standard InChI is InChI=1S/C62H107N2O7P/c1-7-10-13-16-19-22-25-27-29-30-31-32-33-34-35-37-40-43-46-49-52-55-62(66)71-60(53-50-47-44-41-38-24-21-18-15-12-9-3)59(58-70-72(67,68)69-57-56-64(4,5)6)63-61(65)54-51-48-45-42-39-36-28-26-23-20-17-14-11-8-2/h10-11,13-14,19-20,22-23,27-29,31-32,34-36,50,53,59-60H,7-9,12,15-18,21,24-26,30,33,37-49,51-52,54-58H2,1-6H3,(H-,63,65,67,68)/p+1/b13-10-,14-11+,22-19-,23-20+,29-27-,32-31-,35-34-,36-28+,53-50-. The fourth-order valence-electron chi connectivity index (χ4n) is 7.57. The molecule has 1 amide bonds. The summed E-state index contributed by atoms with van der Waals surface area (Å²) in [5, 5.41) is 3.02. The Kier molecular flexibility index (Phi) is 48.8. The van der Waals surface area contributed by atoms with Gasteiger partial charge in [0, 0.05) is 12.8 Å². The van der Waals surface area contributed by atoms with Gasteiger partial charge in [0.05, 0.1) is 33.8 Å². The van der Waals surface area contributed by atoms with Gasteiger partial charge in [0.25, 0.3) is 0 Å². The van der Waals surface area contributed by atoms with Crippen molar-refractivity contribution in [2.45, 2.75) is 232 Å². The Morgan fingerprint density at radius 1 is 0.500 bits per heavy atom. The predicted octanol–water partition coefficient (Wildman–Crippen LogP) is 17.4. The monoisotopic (exact) mass is 1020 g/mol. The quantitative estimate of drug-likeness (QED) is 0.0205. The van der Waals surface area contributed by atoms with E-state index < -0.39 is 20.0 Å². The lowest BCUT2D eigenvalue weighted by molar-refractivity contribution is -0.870. The summed E-state index contributed by atoms with van der Waals surface area (Å²) >= 11 is 0. The normalized spacial score (nSPS) is 14.6. The number of carbonyl (C=O) groups is 2. The van der Waals surface area contributed by atoms with E-state index in [0.717, 1.165) is 128 Å². The number of nitrogens with one attached hydrogen (secondary N) is 1. The topological polar surface area (TPSA) is 111 Å². The van der Waals surface area contributed by atoms with Crippen molar-refractivity contribution < 1.29 is 37.3 Å². The lowest BCUT2D eigenvalue weighted by Gasteiger charge is -2.27. The van der Waals surface area contributed by atoms with Crippen LogP contribution in [0.3, 0.4) is 0 Å². The summed E-state index contributed by atoms with van der Waals surface area (Å²) in [7, 11) is 1.45. The van der Waals surface area contributed by atoms with E-state index in [1.54, 1.807) is 0 Å². The summed E-state index contributed by atoms with van der Waals surface area (Å²) in [4.78, 5) is 37.6. The first-order valence-corrected chi connectivity index (χ1v) is 30.2. The number of likely N-dealkylation sites (N-methyl/N-ethyl adjacent to an activating group) is 1. The fourth-order valence-corrected chi connectivity index (χ4v) is 8.30. The average Bonchev–Trinajstić information content (AvgIpc) is 3.34. The number of quaternary nitrogens is 1. The number of allylic oxidation sites excluding steroid dienone is 17. The molecule has 0 aromatic rings. The van der Waals surface area contributed by atoms with E-state index in [4.69, 9.17) is 13.8 Å². The summed E-state index contributed by atoms with van der Waals surface area (Å²) in [5.74, 6) is -0.563. The van der Waals surface area contributed by atoms with Gasteiger partial charge in [0.2, 0.25) is 5.91 Å². The van der Waals surface area contributed by atoms with E-state index in [1.165, 1.54) is 44.9 Å². The lowest BCUT2D eigenvalue weighted by atomic mass is 10.1. The molecule has 3 atom stereocenters. The first-order valence-electron chi connectivity index (χ1n) is 28.7. The summed E-state index contributed by atoms with van der Waals surface area (Å²) in [6.07, 6.45) is 69.4. The summed E-state index contributed by atoms with van der Waals surface area (Å²) in [6, 6.07) is -0.874. The third kappa shape index (κ3) is 51.6. The number of phosphoric ester groups is 1. The minimum atomic E-state index is -4.46. The van der Waals surface area contributed by atoms with Crippen LogP contribution in [0.1, 0.15) is 220 Å². The molecule has 0 aliphatic carbocycles. The minimum Gasteiger partial charge on any atom is -0.456 e. The molecule has 0 aliphatic heterocycles. The SMILES string of the molecule is CC/C=C\C/C=C\C/C=C\C/C=C\C/C=C\CCCCCCCC(=O)OC(/C=C\CCCCCCCCCCC)C(COP(=O)(O)OCC[N+](C)(C)C)NC(=O)CCCCCC/C=C/C/C=C/C/C=C/CC. The molecule has 0 bridgehead atoms. The van der Waals surface area contributed by atoms with E-state index in [0.29, 0.717) is 30.3 Å². The number of unbranched alkanes of at least 4 members (excludes halogenated alkanes) is 18. The number of hydrogen-bond acceptors (Lipinski definition) is 6. The molecular formula is C62H108N2O7P+. The number of rotatable bonds is 50. The molecule has 9 nitrogen and oxygen atoms in total. The number of nitrogens with zero attached hydrogens (tertiary/aromatic N) is 1. The van der Waals surface area contributed by atoms with Crippen LogP contribution in [0.4, 0.5) is 0 Å². The number of ether oxygens (including phenoxy) is 1. The number of esters is 1. The maximum absolute atomic E-state index is 13.5. The van der Waals surface area contributed by atoms with Crippen molar-refractivity contribution in [1.29, 1.82) is 0 Å². The van der Waals surface area contributed by atoms with Gasteiger partial charge in [0.1, 0.15) is 19.3 Å². The molecule has 0 saturated heterocycles. The second-order valence-corrected chi connectivity index (χ2v) is 21.5. The molecule has 0 saturated carbocycles. The minimum absolute atomic E-state index is 0.0263. The molecule has 0 fully saturated rings. The highest BCUT2D eigenvalue weighted by atomic mass is 31.2. The van der Waals surface area contributed by atoms with Gasteiger partial charge in [-0.25, -0.2) is 4.57 Å². The van der Waals surface area contributed by atoms with Gasteiger partial charge < -0.3 is 19.4 Å². The van der Waals surface area contributed by atoms with Gasteiger partial charge in [-0.2, -0.15) is 0 Å². The molecule has 0 radical (unpaired) electrons. The smallest absolute Gasteiger partial charge is 0.456 e. The summed E-state index contributed by atoms with van der Waals surface area (Å²) < 4.78 is 30.6. The van der Waals surface area contributed by atoms with Gasteiger partial charge in [-0.15, -0.1) is 0 Å². The zero-order valence-corrected chi connectivity index (χ0v) is 47.8. The molecule has 412 valence electrons. The molecule has 0 aromatic carbocycles. The number of amides is 1. The second kappa shape index (κ2) is 51.2. The number of carbonyl (C=O) groups excluding carboxylic acids is 2.